The minimum absolute atomic E-state index is 0.0355. The maximum atomic E-state index is 12.8. The summed E-state index contributed by atoms with van der Waals surface area (Å²) >= 11 is 0. The lowest BCUT2D eigenvalue weighted by atomic mass is 10.2. The molecule has 3 heterocycles. The first-order valence-corrected chi connectivity index (χ1v) is 10.1. The Bertz CT molecular complexity index is 1160. The highest BCUT2D eigenvalue weighted by Crippen LogP contribution is 2.23. The molecule has 1 aliphatic rings. The zero-order valence-corrected chi connectivity index (χ0v) is 17.5. The van der Waals surface area contributed by atoms with E-state index in [2.05, 4.69) is 50.5 Å². The maximum absolute atomic E-state index is 12.8. The van der Waals surface area contributed by atoms with Crippen LogP contribution in [0.15, 0.2) is 60.3 Å². The van der Waals surface area contributed by atoms with Crippen LogP contribution in [0.2, 0.25) is 0 Å². The maximum Gasteiger partial charge on any atom is 0.270 e. The summed E-state index contributed by atoms with van der Waals surface area (Å²) in [5.74, 6) is 0.476. The zero-order valence-electron chi connectivity index (χ0n) is 17.5. The Morgan fingerprint density at radius 2 is 2.03 bits per heavy atom. The van der Waals surface area contributed by atoms with Gasteiger partial charge in [-0.1, -0.05) is 18.7 Å². The highest BCUT2D eigenvalue weighted by molar-refractivity contribution is 5.98. The molecule has 1 aliphatic heterocycles. The summed E-state index contributed by atoms with van der Waals surface area (Å²) in [6.07, 6.45) is 5.04. The fourth-order valence-electron chi connectivity index (χ4n) is 3.52. The van der Waals surface area contributed by atoms with Gasteiger partial charge in [-0.15, -0.1) is 0 Å². The molecule has 1 aromatic carbocycles. The number of hydrogen-bond acceptors (Lipinski definition) is 6. The number of aromatic nitrogens is 3. The fraction of sp³-hybridized carbons (Fsp3) is 0.217. The van der Waals surface area contributed by atoms with E-state index in [4.69, 9.17) is 0 Å². The number of H-pyrrole nitrogens is 1. The van der Waals surface area contributed by atoms with Gasteiger partial charge < -0.3 is 20.1 Å². The largest absolute Gasteiger partial charge is 0.350 e. The van der Waals surface area contributed by atoms with E-state index in [1.807, 2.05) is 29.2 Å². The number of aromatic amines is 1. The summed E-state index contributed by atoms with van der Waals surface area (Å²) in [5.41, 5.74) is 3.55. The van der Waals surface area contributed by atoms with Crippen LogP contribution in [0.4, 0.5) is 11.6 Å². The third kappa shape index (κ3) is 4.54. The Kier molecular flexibility index (Phi) is 5.90. The number of benzene rings is 1. The van der Waals surface area contributed by atoms with E-state index >= 15 is 0 Å². The average molecular weight is 416 g/mol. The molecule has 3 aromatic rings. The smallest absolute Gasteiger partial charge is 0.270 e. The van der Waals surface area contributed by atoms with E-state index in [0.717, 1.165) is 42.8 Å². The third-order valence-corrected chi connectivity index (χ3v) is 5.26. The standard InChI is InChI=1S/C23H25N7O/c1-4-5-18(24-2)19-8-9-25-23(28-19)26-17-7-6-16-14-21(27-20(16)15-17)22(31)30-12-10-29(3)11-13-30/h4-9,14-15,27H,1-2,10-13H2,3H3,(H,25,26,28)/b18-5-. The number of allylic oxidation sites excluding steroid dienone is 2. The van der Waals surface area contributed by atoms with Crippen LogP contribution in [-0.4, -0.2) is 70.6 Å². The number of anilines is 2. The van der Waals surface area contributed by atoms with Gasteiger partial charge in [0.05, 0.1) is 11.4 Å². The van der Waals surface area contributed by atoms with Crippen LogP contribution < -0.4 is 5.32 Å². The normalized spacial score (nSPS) is 15.1. The monoisotopic (exact) mass is 415 g/mol. The highest BCUT2D eigenvalue weighted by atomic mass is 16.2. The van der Waals surface area contributed by atoms with Crippen molar-refractivity contribution in [3.05, 3.63) is 66.6 Å². The number of fused-ring (bicyclic) bond motifs is 1. The van der Waals surface area contributed by atoms with Crippen molar-refractivity contribution in [1.29, 1.82) is 0 Å². The van der Waals surface area contributed by atoms with Crippen molar-refractivity contribution >= 4 is 40.9 Å². The Hall–Kier alpha value is -3.78. The Morgan fingerprint density at radius 1 is 1.23 bits per heavy atom. The molecule has 31 heavy (non-hydrogen) atoms. The van der Waals surface area contributed by atoms with E-state index in [1.165, 1.54) is 0 Å². The molecule has 2 aromatic heterocycles. The van der Waals surface area contributed by atoms with Gasteiger partial charge in [-0.3, -0.25) is 9.79 Å². The summed E-state index contributed by atoms with van der Waals surface area (Å²) in [5, 5.41) is 4.18. The van der Waals surface area contributed by atoms with Gasteiger partial charge in [0.15, 0.2) is 0 Å². The summed E-state index contributed by atoms with van der Waals surface area (Å²) in [6, 6.07) is 9.51. The van der Waals surface area contributed by atoms with Crippen LogP contribution in [0.25, 0.3) is 16.6 Å². The number of likely N-dealkylation sites (N-methyl/N-ethyl adjacent to an activating group) is 1. The topological polar surface area (TPSA) is 89.5 Å². The van der Waals surface area contributed by atoms with Crippen LogP contribution in [0, 0.1) is 0 Å². The summed E-state index contributed by atoms with van der Waals surface area (Å²) in [7, 11) is 2.07. The van der Waals surface area contributed by atoms with Crippen LogP contribution >= 0.6 is 0 Å². The number of rotatable bonds is 6. The minimum Gasteiger partial charge on any atom is -0.350 e. The van der Waals surface area contributed by atoms with E-state index < -0.39 is 0 Å². The number of carbonyl (C=O) groups is 1. The molecule has 0 saturated carbocycles. The van der Waals surface area contributed by atoms with Gasteiger partial charge in [-0.25, -0.2) is 9.97 Å². The molecule has 2 N–H and O–H groups in total. The average Bonchev–Trinajstić information content (AvgIpc) is 3.21. The number of nitrogens with zero attached hydrogens (tertiary/aromatic N) is 5. The molecule has 0 radical (unpaired) electrons. The van der Waals surface area contributed by atoms with Crippen LogP contribution in [0.3, 0.4) is 0 Å². The molecule has 0 aliphatic carbocycles. The van der Waals surface area contributed by atoms with Crippen LogP contribution in [-0.2, 0) is 0 Å². The quantitative estimate of drug-likeness (QED) is 0.476. The predicted octanol–water partition coefficient (Wildman–Crippen LogP) is 3.32. The van der Waals surface area contributed by atoms with Crippen molar-refractivity contribution in [2.75, 3.05) is 38.5 Å². The first-order chi connectivity index (χ1) is 15.1. The van der Waals surface area contributed by atoms with E-state index in [0.29, 0.717) is 23.0 Å². The van der Waals surface area contributed by atoms with E-state index in [-0.39, 0.29) is 5.91 Å². The van der Waals surface area contributed by atoms with Crippen molar-refractivity contribution in [2.45, 2.75) is 0 Å². The molecular formula is C23H25N7O. The van der Waals surface area contributed by atoms with Gasteiger partial charge in [0.2, 0.25) is 5.95 Å². The van der Waals surface area contributed by atoms with Gasteiger partial charge in [0.25, 0.3) is 5.91 Å². The number of piperazine rings is 1. The second-order valence-electron chi connectivity index (χ2n) is 7.42. The SMILES string of the molecule is C=C/C=C(\N=C)c1ccnc(Nc2ccc3cc(C(=O)N4CCN(C)CC4)[nH]c3c2)n1. The van der Waals surface area contributed by atoms with Gasteiger partial charge >= 0.3 is 0 Å². The molecule has 8 heteroatoms. The number of hydrogen-bond donors (Lipinski definition) is 2. The molecule has 0 spiro atoms. The fourth-order valence-corrected chi connectivity index (χ4v) is 3.52. The lowest BCUT2D eigenvalue weighted by Crippen LogP contribution is -2.47. The predicted molar refractivity (Wildman–Crippen MR) is 125 cm³/mol. The molecule has 1 amide bonds. The molecule has 4 rings (SSSR count). The second-order valence-corrected chi connectivity index (χ2v) is 7.42. The van der Waals surface area contributed by atoms with Crippen molar-refractivity contribution in [3.8, 4) is 0 Å². The van der Waals surface area contributed by atoms with Crippen molar-refractivity contribution < 1.29 is 4.79 Å². The van der Waals surface area contributed by atoms with Crippen LogP contribution in [0.5, 0.6) is 0 Å². The van der Waals surface area contributed by atoms with Gasteiger partial charge in [0, 0.05) is 49.0 Å². The second kappa shape index (κ2) is 8.93. The Labute approximate surface area is 181 Å². The zero-order chi connectivity index (χ0) is 21.8. The molecule has 0 bridgehead atoms. The summed E-state index contributed by atoms with van der Waals surface area (Å²) in [4.78, 5) is 33.0. The minimum atomic E-state index is 0.0355. The summed E-state index contributed by atoms with van der Waals surface area (Å²) in [6.45, 7) is 10.5. The molecule has 1 fully saturated rings. The third-order valence-electron chi connectivity index (χ3n) is 5.26. The highest BCUT2D eigenvalue weighted by Gasteiger charge is 2.21. The van der Waals surface area contributed by atoms with Crippen molar-refractivity contribution in [2.24, 2.45) is 4.99 Å². The Morgan fingerprint density at radius 3 is 2.77 bits per heavy atom. The van der Waals surface area contributed by atoms with Gasteiger partial charge in [-0.05, 0) is 44.1 Å². The first-order valence-electron chi connectivity index (χ1n) is 10.1. The number of amides is 1. The van der Waals surface area contributed by atoms with E-state index in [9.17, 15) is 4.79 Å². The molecule has 0 atom stereocenters. The van der Waals surface area contributed by atoms with Crippen molar-refractivity contribution in [3.63, 3.8) is 0 Å². The first kappa shape index (κ1) is 20.5. The van der Waals surface area contributed by atoms with Gasteiger partial charge in [0.1, 0.15) is 5.69 Å². The number of nitrogens with one attached hydrogen (secondary N) is 2. The lowest BCUT2D eigenvalue weighted by molar-refractivity contribution is 0.0659. The van der Waals surface area contributed by atoms with Crippen LogP contribution in [0.1, 0.15) is 16.2 Å². The lowest BCUT2D eigenvalue weighted by Gasteiger charge is -2.32. The Balaban J connectivity index is 1.54. The van der Waals surface area contributed by atoms with Crippen molar-refractivity contribution in [1.82, 2.24) is 24.8 Å². The molecule has 0 unspecified atom stereocenters. The molecule has 158 valence electrons. The summed E-state index contributed by atoms with van der Waals surface area (Å²) < 4.78 is 0. The molecular weight excluding hydrogens is 390 g/mol. The molecule has 8 nitrogen and oxygen atoms in total. The van der Waals surface area contributed by atoms with E-state index in [1.54, 1.807) is 24.4 Å². The number of carbonyl (C=O) groups excluding carboxylic acids is 1. The number of aliphatic imine (C=N–C) groups is 1. The van der Waals surface area contributed by atoms with Gasteiger partial charge in [-0.2, -0.15) is 0 Å². The molecule has 1 saturated heterocycles.